The summed E-state index contributed by atoms with van der Waals surface area (Å²) < 4.78 is 39.5. The molecule has 1 heterocycles. The summed E-state index contributed by atoms with van der Waals surface area (Å²) in [5.74, 6) is -1.27. The lowest BCUT2D eigenvalue weighted by Gasteiger charge is -2.13. The van der Waals surface area contributed by atoms with Crippen molar-refractivity contribution in [3.63, 3.8) is 0 Å². The fourth-order valence-electron chi connectivity index (χ4n) is 1.88. The van der Waals surface area contributed by atoms with Crippen molar-refractivity contribution >= 4 is 5.97 Å². The molecule has 0 saturated carbocycles. The molecule has 1 aromatic heterocycles. The third-order valence-electron chi connectivity index (χ3n) is 2.96. The van der Waals surface area contributed by atoms with E-state index in [0.717, 1.165) is 29.0 Å². The van der Waals surface area contributed by atoms with Gasteiger partial charge in [0.15, 0.2) is 0 Å². The minimum Gasteiger partial charge on any atom is -0.478 e. The van der Waals surface area contributed by atoms with Crippen LogP contribution < -0.4 is 5.56 Å². The van der Waals surface area contributed by atoms with Crippen LogP contribution in [0.4, 0.5) is 13.2 Å². The van der Waals surface area contributed by atoms with Crippen LogP contribution >= 0.6 is 0 Å². The topological polar surface area (TPSA) is 59.3 Å². The number of pyridine rings is 1. The normalized spacial score (nSPS) is 11.4. The highest BCUT2D eigenvalue weighted by Crippen LogP contribution is 2.32. The zero-order chi connectivity index (χ0) is 15.8. The first-order chi connectivity index (χ1) is 9.70. The minimum absolute atomic E-state index is 0.0219. The summed E-state index contributed by atoms with van der Waals surface area (Å²) in [6, 6.07) is 5.48. The van der Waals surface area contributed by atoms with Crippen LogP contribution in [0.15, 0.2) is 41.3 Å². The molecule has 0 spiro atoms. The lowest BCUT2D eigenvalue weighted by Crippen LogP contribution is -2.19. The smallest absolute Gasteiger partial charge is 0.416 e. The van der Waals surface area contributed by atoms with Gasteiger partial charge in [0.25, 0.3) is 5.56 Å². The number of carboxylic acid groups (broad SMARTS) is 1. The second kappa shape index (κ2) is 5.08. The van der Waals surface area contributed by atoms with Crippen molar-refractivity contribution in [1.29, 1.82) is 0 Å². The number of halogens is 3. The number of rotatable bonds is 2. The van der Waals surface area contributed by atoms with E-state index in [1.165, 1.54) is 19.1 Å². The lowest BCUT2D eigenvalue weighted by atomic mass is 10.1. The van der Waals surface area contributed by atoms with Gasteiger partial charge in [-0.05, 0) is 30.7 Å². The molecule has 0 aliphatic heterocycles. The highest BCUT2D eigenvalue weighted by molar-refractivity contribution is 5.87. The highest BCUT2D eigenvalue weighted by atomic mass is 19.4. The van der Waals surface area contributed by atoms with Gasteiger partial charge >= 0.3 is 12.1 Å². The first kappa shape index (κ1) is 14.8. The summed E-state index contributed by atoms with van der Waals surface area (Å²) in [5, 5.41) is 8.88. The predicted molar refractivity (Wildman–Crippen MR) is 68.7 cm³/mol. The van der Waals surface area contributed by atoms with E-state index in [0.29, 0.717) is 0 Å². The maximum atomic E-state index is 12.9. The highest BCUT2D eigenvalue weighted by Gasteiger charge is 2.32. The molecule has 0 aliphatic carbocycles. The number of aryl methyl sites for hydroxylation is 1. The summed E-state index contributed by atoms with van der Waals surface area (Å²) in [7, 11) is 0. The van der Waals surface area contributed by atoms with Crippen molar-refractivity contribution in [3.8, 4) is 5.69 Å². The summed E-state index contributed by atoms with van der Waals surface area (Å²) in [5.41, 5.74) is -1.69. The van der Waals surface area contributed by atoms with E-state index < -0.39 is 23.3 Å². The van der Waals surface area contributed by atoms with Crippen molar-refractivity contribution in [1.82, 2.24) is 4.57 Å². The molecule has 4 nitrogen and oxygen atoms in total. The minimum atomic E-state index is -4.55. The molecule has 0 unspecified atom stereocenters. The average molecular weight is 297 g/mol. The number of hydrogen-bond acceptors (Lipinski definition) is 2. The van der Waals surface area contributed by atoms with Gasteiger partial charge in [-0.2, -0.15) is 13.2 Å². The molecule has 7 heteroatoms. The molecular formula is C14H10F3NO3. The number of benzene rings is 1. The van der Waals surface area contributed by atoms with Crippen LogP contribution in [0, 0.1) is 6.92 Å². The first-order valence-electron chi connectivity index (χ1n) is 5.84. The van der Waals surface area contributed by atoms with Crippen LogP contribution in [0.25, 0.3) is 5.69 Å². The summed E-state index contributed by atoms with van der Waals surface area (Å²) in [4.78, 5) is 22.6. The first-order valence-corrected chi connectivity index (χ1v) is 5.84. The molecule has 0 bridgehead atoms. The van der Waals surface area contributed by atoms with E-state index in [-0.39, 0.29) is 16.8 Å². The van der Waals surface area contributed by atoms with E-state index in [4.69, 9.17) is 5.11 Å². The number of aromatic nitrogens is 1. The quantitative estimate of drug-likeness (QED) is 0.927. The van der Waals surface area contributed by atoms with Gasteiger partial charge in [0.1, 0.15) is 0 Å². The monoisotopic (exact) mass is 297 g/mol. The van der Waals surface area contributed by atoms with Crippen molar-refractivity contribution in [2.24, 2.45) is 0 Å². The molecule has 21 heavy (non-hydrogen) atoms. The van der Waals surface area contributed by atoms with Crippen molar-refractivity contribution in [2.75, 3.05) is 0 Å². The largest absolute Gasteiger partial charge is 0.478 e. The Morgan fingerprint density at radius 1 is 1.19 bits per heavy atom. The predicted octanol–water partition coefficient (Wildman–Crippen LogP) is 2.86. The van der Waals surface area contributed by atoms with Gasteiger partial charge in [-0.3, -0.25) is 9.36 Å². The van der Waals surface area contributed by atoms with E-state index in [1.54, 1.807) is 0 Å². The molecule has 2 aromatic rings. The van der Waals surface area contributed by atoms with E-state index in [2.05, 4.69) is 0 Å². The standard InChI is InChI=1S/C14H10F3NO3/c1-8-2-4-10(6-11(8)14(15,16)17)18-7-9(13(20)21)3-5-12(18)19/h2-7H,1H3,(H,20,21). The van der Waals surface area contributed by atoms with Gasteiger partial charge in [0, 0.05) is 18.0 Å². The van der Waals surface area contributed by atoms with Gasteiger partial charge in [-0.1, -0.05) is 6.07 Å². The van der Waals surface area contributed by atoms with Crippen LogP contribution in [-0.2, 0) is 6.18 Å². The molecule has 1 aromatic carbocycles. The van der Waals surface area contributed by atoms with Gasteiger partial charge in [0.05, 0.1) is 11.1 Å². The fourth-order valence-corrected chi connectivity index (χ4v) is 1.88. The molecule has 1 N–H and O–H groups in total. The SMILES string of the molecule is Cc1ccc(-n2cc(C(=O)O)ccc2=O)cc1C(F)(F)F. The zero-order valence-electron chi connectivity index (χ0n) is 10.8. The molecule has 2 rings (SSSR count). The number of aromatic carboxylic acids is 1. The van der Waals surface area contributed by atoms with E-state index in [9.17, 15) is 22.8 Å². The maximum absolute atomic E-state index is 12.9. The molecule has 110 valence electrons. The molecule has 0 radical (unpaired) electrons. The molecule has 0 saturated heterocycles. The number of hydrogen-bond donors (Lipinski definition) is 1. The molecule has 0 aliphatic rings. The number of alkyl halides is 3. The van der Waals surface area contributed by atoms with Crippen molar-refractivity contribution in [3.05, 3.63) is 63.6 Å². The molecular weight excluding hydrogens is 287 g/mol. The Labute approximate surface area is 117 Å². The fraction of sp³-hybridized carbons (Fsp3) is 0.143. The Kier molecular flexibility index (Phi) is 3.59. The van der Waals surface area contributed by atoms with E-state index in [1.807, 2.05) is 0 Å². The maximum Gasteiger partial charge on any atom is 0.416 e. The van der Waals surface area contributed by atoms with Crippen LogP contribution in [0.3, 0.4) is 0 Å². The van der Waals surface area contributed by atoms with Crippen LogP contribution in [0.5, 0.6) is 0 Å². The number of carbonyl (C=O) groups is 1. The zero-order valence-corrected chi connectivity index (χ0v) is 10.8. The molecule has 0 fully saturated rings. The Bertz CT molecular complexity index is 763. The third-order valence-corrected chi connectivity index (χ3v) is 2.96. The van der Waals surface area contributed by atoms with Gasteiger partial charge in [0.2, 0.25) is 0 Å². The van der Waals surface area contributed by atoms with Gasteiger partial charge in [-0.15, -0.1) is 0 Å². The summed E-state index contributed by atoms with van der Waals surface area (Å²) in [6.07, 6.45) is -3.55. The Hall–Kier alpha value is -2.57. The van der Waals surface area contributed by atoms with Crippen LogP contribution in [0.2, 0.25) is 0 Å². The van der Waals surface area contributed by atoms with Gasteiger partial charge in [-0.25, -0.2) is 4.79 Å². The Balaban J connectivity index is 2.65. The second-order valence-electron chi connectivity index (χ2n) is 4.43. The third kappa shape index (κ3) is 2.96. The van der Waals surface area contributed by atoms with Crippen LogP contribution in [0.1, 0.15) is 21.5 Å². The van der Waals surface area contributed by atoms with Crippen molar-refractivity contribution in [2.45, 2.75) is 13.1 Å². The average Bonchev–Trinajstić information content (AvgIpc) is 2.38. The summed E-state index contributed by atoms with van der Waals surface area (Å²) >= 11 is 0. The Morgan fingerprint density at radius 3 is 2.43 bits per heavy atom. The molecule has 0 amide bonds. The van der Waals surface area contributed by atoms with Gasteiger partial charge < -0.3 is 5.11 Å². The molecule has 0 atom stereocenters. The number of carboxylic acids is 1. The van der Waals surface area contributed by atoms with Crippen LogP contribution in [-0.4, -0.2) is 15.6 Å². The Morgan fingerprint density at radius 2 is 1.86 bits per heavy atom. The lowest BCUT2D eigenvalue weighted by molar-refractivity contribution is -0.138. The summed E-state index contributed by atoms with van der Waals surface area (Å²) in [6.45, 7) is 1.31. The van der Waals surface area contributed by atoms with E-state index >= 15 is 0 Å². The number of nitrogens with zero attached hydrogens (tertiary/aromatic N) is 1. The van der Waals surface area contributed by atoms with Crippen molar-refractivity contribution < 1.29 is 23.1 Å². The second-order valence-corrected chi connectivity index (χ2v) is 4.43.